The molecule has 1 aliphatic rings. The van der Waals surface area contributed by atoms with E-state index in [0.717, 1.165) is 6.42 Å². The summed E-state index contributed by atoms with van der Waals surface area (Å²) in [5.74, 6) is -4.83. The second-order valence-electron chi connectivity index (χ2n) is 5.17. The Morgan fingerprint density at radius 2 is 1.47 bits per heavy atom. The quantitative estimate of drug-likeness (QED) is 0.769. The molecular formula is C12H18F6O. The van der Waals surface area contributed by atoms with Crippen LogP contribution in [0.5, 0.6) is 0 Å². The number of aliphatic hydroxyl groups is 1. The minimum atomic E-state index is -5.46. The van der Waals surface area contributed by atoms with Crippen LogP contribution in [0.4, 0.5) is 26.3 Å². The van der Waals surface area contributed by atoms with Crippen molar-refractivity contribution in [1.82, 2.24) is 0 Å². The monoisotopic (exact) mass is 292 g/mol. The minimum Gasteiger partial charge on any atom is -0.392 e. The van der Waals surface area contributed by atoms with Gasteiger partial charge in [-0.15, -0.1) is 0 Å². The standard InChI is InChI=1S/C12H18F6O/c1-2-7-5-3-4-6-8(7)9(19)10(11(13,14)15)12(16,17)18/h7-10,19H,2-6H2,1H3. The van der Waals surface area contributed by atoms with Gasteiger partial charge in [0.05, 0.1) is 6.10 Å². The summed E-state index contributed by atoms with van der Waals surface area (Å²) in [6.45, 7) is 1.73. The number of hydrogen-bond donors (Lipinski definition) is 1. The van der Waals surface area contributed by atoms with E-state index in [0.29, 0.717) is 19.3 Å². The number of aliphatic hydroxyl groups excluding tert-OH is 1. The van der Waals surface area contributed by atoms with Crippen LogP contribution < -0.4 is 0 Å². The largest absolute Gasteiger partial charge is 0.403 e. The lowest BCUT2D eigenvalue weighted by atomic mass is 9.72. The van der Waals surface area contributed by atoms with E-state index < -0.39 is 30.3 Å². The number of rotatable bonds is 3. The maximum absolute atomic E-state index is 12.6. The molecule has 1 aliphatic carbocycles. The van der Waals surface area contributed by atoms with E-state index in [4.69, 9.17) is 0 Å². The molecule has 1 saturated carbocycles. The van der Waals surface area contributed by atoms with Crippen LogP contribution in [0.25, 0.3) is 0 Å². The zero-order valence-corrected chi connectivity index (χ0v) is 10.6. The molecule has 1 fully saturated rings. The molecule has 1 nitrogen and oxygen atoms in total. The summed E-state index contributed by atoms with van der Waals surface area (Å²) in [7, 11) is 0. The van der Waals surface area contributed by atoms with Gasteiger partial charge in [0.2, 0.25) is 0 Å². The molecule has 19 heavy (non-hydrogen) atoms. The molecule has 0 bridgehead atoms. The van der Waals surface area contributed by atoms with E-state index in [9.17, 15) is 31.4 Å². The van der Waals surface area contributed by atoms with Crippen molar-refractivity contribution in [1.29, 1.82) is 0 Å². The fourth-order valence-electron chi connectivity index (χ4n) is 3.01. The highest BCUT2D eigenvalue weighted by Gasteiger charge is 2.61. The van der Waals surface area contributed by atoms with Crippen LogP contribution in [-0.2, 0) is 0 Å². The van der Waals surface area contributed by atoms with Gasteiger partial charge in [0.15, 0.2) is 5.92 Å². The highest BCUT2D eigenvalue weighted by atomic mass is 19.4. The third kappa shape index (κ3) is 4.00. The van der Waals surface area contributed by atoms with E-state index in [1.807, 2.05) is 0 Å². The van der Waals surface area contributed by atoms with Gasteiger partial charge in [0.25, 0.3) is 0 Å². The molecule has 0 aliphatic heterocycles. The molecule has 0 heterocycles. The molecule has 7 heteroatoms. The van der Waals surface area contributed by atoms with Crippen LogP contribution in [0.3, 0.4) is 0 Å². The molecule has 0 aromatic heterocycles. The Kier molecular flexibility index (Phi) is 5.15. The van der Waals surface area contributed by atoms with Crippen LogP contribution in [0.1, 0.15) is 39.0 Å². The third-order valence-electron chi connectivity index (χ3n) is 3.98. The molecule has 0 amide bonds. The lowest BCUT2D eigenvalue weighted by molar-refractivity contribution is -0.313. The fraction of sp³-hybridized carbons (Fsp3) is 1.00. The Balaban J connectivity index is 2.95. The number of halogens is 6. The lowest BCUT2D eigenvalue weighted by Crippen LogP contribution is -2.49. The Bertz CT molecular complexity index is 271. The fourth-order valence-corrected chi connectivity index (χ4v) is 3.01. The third-order valence-corrected chi connectivity index (χ3v) is 3.98. The van der Waals surface area contributed by atoms with Crippen molar-refractivity contribution in [2.45, 2.75) is 57.5 Å². The Morgan fingerprint density at radius 3 is 1.89 bits per heavy atom. The summed E-state index contributed by atoms with van der Waals surface area (Å²) in [6, 6.07) is 0. The predicted octanol–water partition coefficient (Wildman–Crippen LogP) is 4.30. The van der Waals surface area contributed by atoms with Crippen molar-refractivity contribution >= 4 is 0 Å². The van der Waals surface area contributed by atoms with Gasteiger partial charge in [-0.05, 0) is 18.3 Å². The molecule has 0 aromatic rings. The Hall–Kier alpha value is -0.460. The summed E-state index contributed by atoms with van der Waals surface area (Å²) >= 11 is 0. The molecule has 3 atom stereocenters. The number of hydrogen-bond acceptors (Lipinski definition) is 1. The van der Waals surface area contributed by atoms with Gasteiger partial charge in [0.1, 0.15) is 0 Å². The zero-order valence-electron chi connectivity index (χ0n) is 10.6. The van der Waals surface area contributed by atoms with Crippen LogP contribution in [0.2, 0.25) is 0 Å². The van der Waals surface area contributed by atoms with Gasteiger partial charge in [-0.25, -0.2) is 0 Å². The zero-order chi connectivity index (χ0) is 14.8. The van der Waals surface area contributed by atoms with Crippen molar-refractivity contribution in [3.63, 3.8) is 0 Å². The average molecular weight is 292 g/mol. The molecule has 0 radical (unpaired) electrons. The van der Waals surface area contributed by atoms with Gasteiger partial charge in [-0.1, -0.05) is 32.6 Å². The van der Waals surface area contributed by atoms with E-state index in [1.165, 1.54) is 0 Å². The Labute approximate surface area is 108 Å². The maximum Gasteiger partial charge on any atom is 0.403 e. The first kappa shape index (κ1) is 16.6. The normalized spacial score (nSPS) is 27.6. The van der Waals surface area contributed by atoms with Gasteiger partial charge in [-0.3, -0.25) is 0 Å². The van der Waals surface area contributed by atoms with Crippen molar-refractivity contribution < 1.29 is 31.4 Å². The number of alkyl halides is 6. The molecule has 0 aromatic carbocycles. The van der Waals surface area contributed by atoms with Crippen LogP contribution in [-0.4, -0.2) is 23.6 Å². The first-order valence-corrected chi connectivity index (χ1v) is 6.40. The molecule has 1 rings (SSSR count). The second-order valence-corrected chi connectivity index (χ2v) is 5.17. The van der Waals surface area contributed by atoms with Crippen LogP contribution in [0.15, 0.2) is 0 Å². The molecular weight excluding hydrogens is 274 g/mol. The van der Waals surface area contributed by atoms with Gasteiger partial charge in [0, 0.05) is 0 Å². The highest BCUT2D eigenvalue weighted by molar-refractivity contribution is 4.90. The van der Waals surface area contributed by atoms with Gasteiger partial charge < -0.3 is 5.11 Å². The van der Waals surface area contributed by atoms with Crippen LogP contribution >= 0.6 is 0 Å². The summed E-state index contributed by atoms with van der Waals surface area (Å²) in [5.41, 5.74) is 0. The first-order chi connectivity index (χ1) is 8.59. The van der Waals surface area contributed by atoms with Crippen molar-refractivity contribution in [3.8, 4) is 0 Å². The Morgan fingerprint density at radius 1 is 1.00 bits per heavy atom. The smallest absolute Gasteiger partial charge is 0.392 e. The van der Waals surface area contributed by atoms with Crippen LogP contribution in [0, 0.1) is 17.8 Å². The molecule has 114 valence electrons. The summed E-state index contributed by atoms with van der Waals surface area (Å²) < 4.78 is 75.4. The van der Waals surface area contributed by atoms with E-state index >= 15 is 0 Å². The maximum atomic E-state index is 12.6. The summed E-state index contributed by atoms with van der Waals surface area (Å²) in [6.07, 6.45) is -10.7. The molecule has 0 saturated heterocycles. The predicted molar refractivity (Wildman–Crippen MR) is 57.3 cm³/mol. The van der Waals surface area contributed by atoms with Crippen molar-refractivity contribution in [2.24, 2.45) is 17.8 Å². The van der Waals surface area contributed by atoms with Gasteiger partial charge >= 0.3 is 12.4 Å². The van der Waals surface area contributed by atoms with E-state index in [2.05, 4.69) is 0 Å². The van der Waals surface area contributed by atoms with Crippen molar-refractivity contribution in [2.75, 3.05) is 0 Å². The average Bonchev–Trinajstić information content (AvgIpc) is 2.24. The molecule has 1 N–H and O–H groups in total. The first-order valence-electron chi connectivity index (χ1n) is 6.40. The van der Waals surface area contributed by atoms with E-state index in [-0.39, 0.29) is 12.3 Å². The van der Waals surface area contributed by atoms with Gasteiger partial charge in [-0.2, -0.15) is 26.3 Å². The van der Waals surface area contributed by atoms with E-state index in [1.54, 1.807) is 6.92 Å². The topological polar surface area (TPSA) is 20.2 Å². The SMILES string of the molecule is CCC1CCCCC1C(O)C(C(F)(F)F)C(F)(F)F. The van der Waals surface area contributed by atoms with Crippen molar-refractivity contribution in [3.05, 3.63) is 0 Å². The minimum absolute atomic E-state index is 0.225. The lowest BCUT2D eigenvalue weighted by Gasteiger charge is -2.38. The second kappa shape index (κ2) is 5.89. The molecule has 0 spiro atoms. The molecule has 3 unspecified atom stereocenters. The summed E-state index contributed by atoms with van der Waals surface area (Å²) in [5, 5.41) is 9.67. The highest BCUT2D eigenvalue weighted by Crippen LogP contribution is 2.47. The summed E-state index contributed by atoms with van der Waals surface area (Å²) in [4.78, 5) is 0.